The molecule has 116 valence electrons. The van der Waals surface area contributed by atoms with Crippen LogP contribution < -0.4 is 4.90 Å². The molecular weight excluding hydrogens is 356 g/mol. The fraction of sp³-hybridized carbons (Fsp3) is 0.222. The molecule has 2 aromatic carbocycles. The average molecular weight is 371 g/mol. The number of rotatable bonds is 1. The van der Waals surface area contributed by atoms with E-state index < -0.39 is 5.60 Å². The van der Waals surface area contributed by atoms with Crippen molar-refractivity contribution in [2.75, 3.05) is 11.4 Å². The van der Waals surface area contributed by atoms with Gasteiger partial charge in [-0.15, -0.1) is 0 Å². The van der Waals surface area contributed by atoms with Crippen molar-refractivity contribution in [1.29, 1.82) is 0 Å². The minimum absolute atomic E-state index is 0.251. The van der Waals surface area contributed by atoms with E-state index in [4.69, 9.17) is 0 Å². The van der Waals surface area contributed by atoms with Crippen molar-refractivity contribution in [3.05, 3.63) is 58.1 Å². The molecule has 0 unspecified atom stereocenters. The van der Waals surface area contributed by atoms with Crippen LogP contribution in [0.4, 0.5) is 11.4 Å². The second-order valence-corrected chi connectivity index (χ2v) is 6.94. The third-order valence-electron chi connectivity index (χ3n) is 4.44. The topological polar surface area (TPSA) is 52.9 Å². The van der Waals surface area contributed by atoms with E-state index in [1.54, 1.807) is 6.07 Å². The smallest absolute Gasteiger partial charge is 0.204 e. The molecule has 2 aliphatic heterocycles. The second-order valence-electron chi connectivity index (χ2n) is 6.03. The molecule has 4 nitrogen and oxygen atoms in total. The highest BCUT2D eigenvalue weighted by Crippen LogP contribution is 2.39. The summed E-state index contributed by atoms with van der Waals surface area (Å²) < 4.78 is 0.948. The molecular formula is C18H15BrN2O2. The van der Waals surface area contributed by atoms with E-state index in [1.165, 1.54) is 0 Å². The number of carbonyl (C=O) groups is 1. The van der Waals surface area contributed by atoms with Crippen LogP contribution in [0, 0.1) is 6.92 Å². The molecule has 1 atom stereocenters. The first-order valence-electron chi connectivity index (χ1n) is 7.49. The van der Waals surface area contributed by atoms with Crippen molar-refractivity contribution in [3.8, 4) is 0 Å². The third kappa shape index (κ3) is 2.15. The maximum Gasteiger partial charge on any atom is 0.204 e. The number of hydrogen-bond donors (Lipinski definition) is 1. The van der Waals surface area contributed by atoms with Crippen LogP contribution in [-0.4, -0.2) is 28.9 Å². The lowest BCUT2D eigenvalue weighted by Gasteiger charge is -2.29. The van der Waals surface area contributed by atoms with Crippen molar-refractivity contribution < 1.29 is 9.90 Å². The van der Waals surface area contributed by atoms with Gasteiger partial charge in [0, 0.05) is 28.7 Å². The molecule has 5 heteroatoms. The molecule has 0 spiro atoms. The number of aliphatic hydroxyl groups is 1. The summed E-state index contributed by atoms with van der Waals surface area (Å²) in [5.74, 6) is 0.177. The lowest BCUT2D eigenvalue weighted by Crippen LogP contribution is -2.48. The second kappa shape index (κ2) is 5.01. The molecule has 1 N–H and O–H groups in total. The highest BCUT2D eigenvalue weighted by atomic mass is 79.9. The molecule has 4 rings (SSSR count). The summed E-state index contributed by atoms with van der Waals surface area (Å²) in [6.07, 6.45) is 0.352. The molecule has 0 aromatic heterocycles. The van der Waals surface area contributed by atoms with Gasteiger partial charge in [-0.1, -0.05) is 33.6 Å². The van der Waals surface area contributed by atoms with Crippen molar-refractivity contribution >= 4 is 38.9 Å². The van der Waals surface area contributed by atoms with Crippen molar-refractivity contribution in [2.24, 2.45) is 4.99 Å². The Bertz CT molecular complexity index is 862. The monoisotopic (exact) mass is 370 g/mol. The quantitative estimate of drug-likeness (QED) is 0.833. The van der Waals surface area contributed by atoms with Gasteiger partial charge in [0.05, 0.1) is 5.69 Å². The number of Topliss-reactive ketones (excluding diaryl/α,β-unsaturated/α-hetero) is 1. The van der Waals surface area contributed by atoms with Gasteiger partial charge in [-0.05, 0) is 37.3 Å². The van der Waals surface area contributed by atoms with Gasteiger partial charge < -0.3 is 10.0 Å². The van der Waals surface area contributed by atoms with Gasteiger partial charge in [0.2, 0.25) is 5.78 Å². The number of ketones is 1. The molecule has 1 saturated heterocycles. The molecule has 23 heavy (non-hydrogen) atoms. The molecule has 1 fully saturated rings. The number of amidine groups is 1. The van der Waals surface area contributed by atoms with Crippen LogP contribution in [0.25, 0.3) is 0 Å². The molecule has 0 radical (unpaired) electrons. The van der Waals surface area contributed by atoms with Crippen LogP contribution in [0.5, 0.6) is 0 Å². The Morgan fingerprint density at radius 3 is 2.87 bits per heavy atom. The lowest BCUT2D eigenvalue weighted by molar-refractivity contribution is 0.0602. The Morgan fingerprint density at radius 2 is 2.09 bits per heavy atom. The standard InChI is InChI=1S/C18H15BrN2O2/c1-11-5-6-15-14(9-11)16(22)18(23)7-8-21(17(18)20-15)13-4-2-3-12(19)10-13/h2-6,9-10,23H,7-8H2,1H3/t18-/m1/s1. The minimum atomic E-state index is -1.52. The minimum Gasteiger partial charge on any atom is -0.374 e. The molecule has 0 saturated carbocycles. The van der Waals surface area contributed by atoms with Gasteiger partial charge in [0.25, 0.3) is 0 Å². The number of benzene rings is 2. The fourth-order valence-electron chi connectivity index (χ4n) is 3.24. The first kappa shape index (κ1) is 14.6. The molecule has 0 aliphatic carbocycles. The number of nitrogens with zero attached hydrogens (tertiary/aromatic N) is 2. The zero-order valence-electron chi connectivity index (χ0n) is 12.6. The number of aryl methyl sites for hydroxylation is 1. The average Bonchev–Trinajstić information content (AvgIpc) is 2.87. The zero-order valence-corrected chi connectivity index (χ0v) is 14.2. The number of hydrogen-bond acceptors (Lipinski definition) is 4. The van der Waals surface area contributed by atoms with Crippen LogP contribution >= 0.6 is 15.9 Å². The van der Waals surface area contributed by atoms with Crippen LogP contribution in [0.3, 0.4) is 0 Å². The summed E-state index contributed by atoms with van der Waals surface area (Å²) in [6.45, 7) is 2.49. The predicted octanol–water partition coefficient (Wildman–Crippen LogP) is 3.63. The highest BCUT2D eigenvalue weighted by Gasteiger charge is 2.52. The largest absolute Gasteiger partial charge is 0.374 e. The molecule has 0 amide bonds. The van der Waals surface area contributed by atoms with E-state index in [0.717, 1.165) is 15.7 Å². The van der Waals surface area contributed by atoms with Gasteiger partial charge >= 0.3 is 0 Å². The normalized spacial score (nSPS) is 22.7. The Morgan fingerprint density at radius 1 is 1.26 bits per heavy atom. The third-order valence-corrected chi connectivity index (χ3v) is 4.93. The number of carbonyl (C=O) groups excluding carboxylic acids is 1. The maximum absolute atomic E-state index is 12.8. The summed E-state index contributed by atoms with van der Waals surface area (Å²) in [4.78, 5) is 19.4. The molecule has 2 aromatic rings. The zero-order chi connectivity index (χ0) is 16.2. The highest BCUT2D eigenvalue weighted by molar-refractivity contribution is 9.10. The molecule has 0 bridgehead atoms. The van der Waals surface area contributed by atoms with Crippen LogP contribution in [0.2, 0.25) is 0 Å². The van der Waals surface area contributed by atoms with E-state index >= 15 is 0 Å². The summed E-state index contributed by atoms with van der Waals surface area (Å²) >= 11 is 3.46. The van der Waals surface area contributed by atoms with Crippen LogP contribution in [0.1, 0.15) is 22.3 Å². The first-order chi connectivity index (χ1) is 11.0. The van der Waals surface area contributed by atoms with Crippen molar-refractivity contribution in [2.45, 2.75) is 18.9 Å². The predicted molar refractivity (Wildman–Crippen MR) is 93.7 cm³/mol. The van der Waals surface area contributed by atoms with Crippen LogP contribution in [-0.2, 0) is 0 Å². The summed E-state index contributed by atoms with van der Waals surface area (Å²) in [6, 6.07) is 13.4. The van der Waals surface area contributed by atoms with E-state index in [9.17, 15) is 9.90 Å². The number of aliphatic imine (C=N–C) groups is 1. The van der Waals surface area contributed by atoms with E-state index in [1.807, 2.05) is 48.2 Å². The Labute approximate surface area is 142 Å². The molecule has 2 aliphatic rings. The van der Waals surface area contributed by atoms with Gasteiger partial charge in [-0.25, -0.2) is 4.99 Å². The van der Waals surface area contributed by atoms with Gasteiger partial charge in [0.15, 0.2) is 5.60 Å². The number of halogens is 1. The van der Waals surface area contributed by atoms with Crippen LogP contribution in [0.15, 0.2) is 51.9 Å². The summed E-state index contributed by atoms with van der Waals surface area (Å²) in [7, 11) is 0. The summed E-state index contributed by atoms with van der Waals surface area (Å²) in [5.41, 5.74) is 1.51. The number of fused-ring (bicyclic) bond motifs is 2. The first-order valence-corrected chi connectivity index (χ1v) is 8.28. The molecule has 2 heterocycles. The van der Waals surface area contributed by atoms with Crippen molar-refractivity contribution in [3.63, 3.8) is 0 Å². The van der Waals surface area contributed by atoms with Gasteiger partial charge in [0.1, 0.15) is 5.84 Å². The fourth-order valence-corrected chi connectivity index (χ4v) is 3.63. The SMILES string of the molecule is Cc1ccc2c(c1)C(=O)[C@]1(O)CCN(c3cccc(Br)c3)C1=N2. The summed E-state index contributed by atoms with van der Waals surface area (Å²) in [5, 5.41) is 11.0. The van der Waals surface area contributed by atoms with Gasteiger partial charge in [-0.3, -0.25) is 4.79 Å². The number of anilines is 1. The maximum atomic E-state index is 12.8. The Hall–Kier alpha value is -1.98. The van der Waals surface area contributed by atoms with E-state index in [-0.39, 0.29) is 5.78 Å². The Balaban J connectivity index is 1.87. The lowest BCUT2D eigenvalue weighted by atomic mass is 9.87. The van der Waals surface area contributed by atoms with E-state index in [0.29, 0.717) is 30.1 Å². The van der Waals surface area contributed by atoms with Gasteiger partial charge in [-0.2, -0.15) is 0 Å². The van der Waals surface area contributed by atoms with Crippen molar-refractivity contribution in [1.82, 2.24) is 0 Å². The van der Waals surface area contributed by atoms with E-state index in [2.05, 4.69) is 20.9 Å². The Kier molecular flexibility index (Phi) is 3.18.